The maximum atomic E-state index is 11.5. The van der Waals surface area contributed by atoms with Crippen molar-refractivity contribution < 1.29 is 9.90 Å². The number of hydrogen-bond donors (Lipinski definition) is 2. The highest BCUT2D eigenvalue weighted by Gasteiger charge is 2.13. The smallest absolute Gasteiger partial charge is 0.335 e. The molecule has 2 rings (SSSR count). The molecule has 0 bridgehead atoms. The number of carboxylic acid groups (broad SMARTS) is 1. The molecule has 2 N–H and O–H groups in total. The Morgan fingerprint density at radius 1 is 1.50 bits per heavy atom. The molecule has 5 heteroatoms. The number of hydrogen-bond acceptors (Lipinski definition) is 3. The van der Waals surface area contributed by atoms with E-state index in [1.165, 1.54) is 6.07 Å². The van der Waals surface area contributed by atoms with Crippen LogP contribution in [0.25, 0.3) is 0 Å². The largest absolute Gasteiger partial charge is 0.478 e. The number of aromatic carboxylic acids is 1. The van der Waals surface area contributed by atoms with Gasteiger partial charge in [0.05, 0.1) is 5.56 Å². The zero-order valence-electron chi connectivity index (χ0n) is 7.49. The molecule has 5 nitrogen and oxygen atoms in total. The second-order valence-electron chi connectivity index (χ2n) is 3.21. The Morgan fingerprint density at radius 2 is 2.29 bits per heavy atom. The number of carboxylic acids is 1. The molecule has 0 aliphatic carbocycles. The number of pyridine rings is 1. The fourth-order valence-electron chi connectivity index (χ4n) is 1.58. The quantitative estimate of drug-likeness (QED) is 0.641. The molecule has 1 aromatic heterocycles. The Hall–Kier alpha value is -1.62. The number of rotatable bonds is 1. The summed E-state index contributed by atoms with van der Waals surface area (Å²) in [5.41, 5.74) is 0.563. The van der Waals surface area contributed by atoms with Gasteiger partial charge in [0.15, 0.2) is 0 Å². The maximum absolute atomic E-state index is 11.5. The summed E-state index contributed by atoms with van der Waals surface area (Å²) in [6.07, 6.45) is 0. The summed E-state index contributed by atoms with van der Waals surface area (Å²) >= 11 is 0. The van der Waals surface area contributed by atoms with Gasteiger partial charge >= 0.3 is 5.97 Å². The van der Waals surface area contributed by atoms with Crippen LogP contribution >= 0.6 is 0 Å². The molecule has 1 aliphatic heterocycles. The Morgan fingerprint density at radius 3 is 3.00 bits per heavy atom. The number of carbonyl (C=O) groups is 1. The molecule has 0 radical (unpaired) electrons. The molecule has 14 heavy (non-hydrogen) atoms. The van der Waals surface area contributed by atoms with Crippen LogP contribution in [-0.4, -0.2) is 22.2 Å². The number of nitrogens with zero attached hydrogens (tertiary/aromatic N) is 1. The van der Waals surface area contributed by atoms with E-state index in [0.717, 1.165) is 18.3 Å². The minimum absolute atomic E-state index is 0.0601. The highest BCUT2D eigenvalue weighted by Crippen LogP contribution is 2.05. The lowest BCUT2D eigenvalue weighted by Crippen LogP contribution is -2.36. The van der Waals surface area contributed by atoms with Gasteiger partial charge in [0.2, 0.25) is 0 Å². The van der Waals surface area contributed by atoms with Gasteiger partial charge in [0, 0.05) is 31.4 Å². The van der Waals surface area contributed by atoms with Crippen molar-refractivity contribution in [2.24, 2.45) is 0 Å². The summed E-state index contributed by atoms with van der Waals surface area (Å²) in [4.78, 5) is 22.1. The van der Waals surface area contributed by atoms with Gasteiger partial charge in [-0.1, -0.05) is 0 Å². The first-order valence-corrected chi connectivity index (χ1v) is 4.36. The molecular weight excluding hydrogens is 184 g/mol. The molecule has 0 saturated heterocycles. The van der Waals surface area contributed by atoms with E-state index in [1.807, 2.05) is 0 Å². The van der Waals surface area contributed by atoms with Crippen molar-refractivity contribution in [3.8, 4) is 0 Å². The van der Waals surface area contributed by atoms with Gasteiger partial charge < -0.3 is 15.0 Å². The highest BCUT2D eigenvalue weighted by molar-refractivity contribution is 5.87. The summed E-state index contributed by atoms with van der Waals surface area (Å²) in [7, 11) is 0. The van der Waals surface area contributed by atoms with E-state index in [1.54, 1.807) is 4.57 Å². The van der Waals surface area contributed by atoms with E-state index in [-0.39, 0.29) is 11.1 Å². The molecular formula is C9H10N2O3. The summed E-state index contributed by atoms with van der Waals surface area (Å²) in [5.74, 6) is -1.06. The van der Waals surface area contributed by atoms with Gasteiger partial charge in [-0.3, -0.25) is 4.79 Å². The molecule has 0 unspecified atom stereocenters. The van der Waals surface area contributed by atoms with E-state index in [9.17, 15) is 9.59 Å². The number of fused-ring (bicyclic) bond motifs is 1. The van der Waals surface area contributed by atoms with Gasteiger partial charge in [-0.05, 0) is 6.07 Å². The van der Waals surface area contributed by atoms with E-state index in [2.05, 4.69) is 5.32 Å². The van der Waals surface area contributed by atoms with Crippen LogP contribution in [0.2, 0.25) is 0 Å². The van der Waals surface area contributed by atoms with Crippen molar-refractivity contribution >= 4 is 5.97 Å². The van der Waals surface area contributed by atoms with E-state index >= 15 is 0 Å². The van der Waals surface area contributed by atoms with Gasteiger partial charge in [0.25, 0.3) is 5.56 Å². The summed E-state index contributed by atoms with van der Waals surface area (Å²) < 4.78 is 1.60. The fourth-order valence-corrected chi connectivity index (χ4v) is 1.58. The third kappa shape index (κ3) is 1.42. The first-order valence-electron chi connectivity index (χ1n) is 4.36. The molecule has 1 aliphatic rings. The molecule has 74 valence electrons. The third-order valence-electron chi connectivity index (χ3n) is 2.28. The lowest BCUT2D eigenvalue weighted by molar-refractivity contribution is 0.0696. The Balaban J connectivity index is 2.57. The zero-order chi connectivity index (χ0) is 10.1. The fraction of sp³-hybridized carbons (Fsp3) is 0.333. The first-order chi connectivity index (χ1) is 6.68. The van der Waals surface area contributed by atoms with Gasteiger partial charge in [0.1, 0.15) is 0 Å². The first kappa shape index (κ1) is 8.96. The average molecular weight is 194 g/mol. The Bertz CT molecular complexity index is 436. The third-order valence-corrected chi connectivity index (χ3v) is 2.28. The molecule has 2 heterocycles. The molecule has 0 spiro atoms. The van der Waals surface area contributed by atoms with Crippen molar-refractivity contribution in [1.82, 2.24) is 9.88 Å². The van der Waals surface area contributed by atoms with Crippen LogP contribution in [0.5, 0.6) is 0 Å². The van der Waals surface area contributed by atoms with E-state index in [4.69, 9.17) is 5.11 Å². The highest BCUT2D eigenvalue weighted by atomic mass is 16.4. The molecule has 0 amide bonds. The Kier molecular flexibility index (Phi) is 2.09. The van der Waals surface area contributed by atoms with Gasteiger partial charge in [-0.2, -0.15) is 0 Å². The van der Waals surface area contributed by atoms with Gasteiger partial charge in [-0.25, -0.2) is 4.79 Å². The lowest BCUT2D eigenvalue weighted by Gasteiger charge is -2.19. The molecule has 1 aromatic rings. The van der Waals surface area contributed by atoms with Crippen LogP contribution < -0.4 is 10.9 Å². The maximum Gasteiger partial charge on any atom is 0.335 e. The number of nitrogens with one attached hydrogen (secondary N) is 1. The van der Waals surface area contributed by atoms with E-state index in [0.29, 0.717) is 13.1 Å². The Labute approximate surface area is 80.0 Å². The minimum Gasteiger partial charge on any atom is -0.478 e. The normalized spacial score (nSPS) is 14.9. The summed E-state index contributed by atoms with van der Waals surface area (Å²) in [5, 5.41) is 11.8. The van der Waals surface area contributed by atoms with Crippen LogP contribution in [-0.2, 0) is 13.1 Å². The molecule has 0 atom stereocenters. The van der Waals surface area contributed by atoms with Crippen LogP contribution in [0.15, 0.2) is 16.9 Å². The minimum atomic E-state index is -1.06. The molecule has 0 fully saturated rings. The molecule has 0 aromatic carbocycles. The second kappa shape index (κ2) is 3.26. The predicted molar refractivity (Wildman–Crippen MR) is 49.4 cm³/mol. The summed E-state index contributed by atoms with van der Waals surface area (Å²) in [6, 6.07) is 2.70. The van der Waals surface area contributed by atoms with Crippen molar-refractivity contribution in [3.63, 3.8) is 0 Å². The van der Waals surface area contributed by atoms with Crippen LogP contribution in [0, 0.1) is 0 Å². The lowest BCUT2D eigenvalue weighted by atomic mass is 10.2. The van der Waals surface area contributed by atoms with Crippen molar-refractivity contribution in [2.45, 2.75) is 13.1 Å². The standard InChI is InChI=1S/C9H10N2O3/c12-8-4-6(9(13)14)3-7-5-10-1-2-11(7)8/h3-4,10H,1-2,5H2,(H,13,14). The SMILES string of the molecule is O=C(O)c1cc2n(c(=O)c1)CCNC2. The predicted octanol–water partition coefficient (Wildman–Crippen LogP) is -0.350. The van der Waals surface area contributed by atoms with Crippen molar-refractivity contribution in [1.29, 1.82) is 0 Å². The average Bonchev–Trinajstić information content (AvgIpc) is 2.17. The zero-order valence-corrected chi connectivity index (χ0v) is 7.49. The van der Waals surface area contributed by atoms with Crippen LogP contribution in [0.4, 0.5) is 0 Å². The van der Waals surface area contributed by atoms with Crippen LogP contribution in [0.1, 0.15) is 16.1 Å². The second-order valence-corrected chi connectivity index (χ2v) is 3.21. The van der Waals surface area contributed by atoms with Gasteiger partial charge in [-0.15, -0.1) is 0 Å². The topological polar surface area (TPSA) is 71.3 Å². The molecule has 0 saturated carbocycles. The monoisotopic (exact) mass is 194 g/mol. The van der Waals surface area contributed by atoms with Crippen LogP contribution in [0.3, 0.4) is 0 Å². The number of aromatic nitrogens is 1. The van der Waals surface area contributed by atoms with Crippen molar-refractivity contribution in [3.05, 3.63) is 33.7 Å². The van der Waals surface area contributed by atoms with Crippen molar-refractivity contribution in [2.75, 3.05) is 6.54 Å². The summed E-state index contributed by atoms with van der Waals surface area (Å²) in [6.45, 7) is 1.91. The van der Waals surface area contributed by atoms with E-state index < -0.39 is 5.97 Å².